The van der Waals surface area contributed by atoms with Crippen LogP contribution in [0, 0.1) is 0 Å². The van der Waals surface area contributed by atoms with E-state index in [1.165, 1.54) is 25.7 Å². The van der Waals surface area contributed by atoms with E-state index in [4.69, 9.17) is 24.8 Å². The molecule has 0 aromatic carbocycles. The maximum absolute atomic E-state index is 12.3. The molecule has 16 heteroatoms. The number of alkyl halides is 6. The van der Waals surface area contributed by atoms with Crippen molar-refractivity contribution in [2.45, 2.75) is 70.0 Å². The first-order valence-corrected chi connectivity index (χ1v) is 11.7. The smallest absolute Gasteiger partial charge is 0.475 e. The highest BCUT2D eigenvalue weighted by atomic mass is 19.4. The summed E-state index contributed by atoms with van der Waals surface area (Å²) in [6, 6.07) is 4.68. The van der Waals surface area contributed by atoms with Gasteiger partial charge in [0.1, 0.15) is 5.82 Å². The molecule has 1 aliphatic carbocycles. The number of carbonyl (C=O) groups excluding carboxylic acids is 1. The summed E-state index contributed by atoms with van der Waals surface area (Å²) in [4.78, 5) is 41.4. The summed E-state index contributed by atoms with van der Waals surface area (Å²) in [5.41, 5.74) is 1.56. The number of nitrogens with one attached hydrogen (secondary N) is 1. The fraction of sp³-hybridized carbons (Fsp3) is 0.522. The van der Waals surface area contributed by atoms with Crippen LogP contribution < -0.4 is 5.32 Å². The number of rotatable bonds is 4. The second-order valence-corrected chi connectivity index (χ2v) is 8.71. The minimum Gasteiger partial charge on any atom is -0.475 e. The summed E-state index contributed by atoms with van der Waals surface area (Å²) < 4.78 is 65.7. The Morgan fingerprint density at radius 2 is 1.59 bits per heavy atom. The molecule has 3 heterocycles. The monoisotopic (exact) mass is 567 g/mol. The lowest BCUT2D eigenvalue weighted by Gasteiger charge is -2.38. The van der Waals surface area contributed by atoms with Gasteiger partial charge in [-0.1, -0.05) is 12.8 Å². The minimum atomic E-state index is -5.08. The quantitative estimate of drug-likeness (QED) is 0.471. The number of halogens is 6. The largest absolute Gasteiger partial charge is 0.490 e. The van der Waals surface area contributed by atoms with Crippen molar-refractivity contribution in [2.75, 3.05) is 11.9 Å². The first-order valence-electron chi connectivity index (χ1n) is 11.7. The third kappa shape index (κ3) is 9.85. The number of carbonyl (C=O) groups is 3. The van der Waals surface area contributed by atoms with E-state index in [9.17, 15) is 31.1 Å². The van der Waals surface area contributed by atoms with Crippen molar-refractivity contribution in [3.63, 3.8) is 0 Å². The Morgan fingerprint density at radius 1 is 1.03 bits per heavy atom. The maximum atomic E-state index is 12.3. The van der Waals surface area contributed by atoms with Gasteiger partial charge >= 0.3 is 24.3 Å². The molecule has 2 aromatic rings. The lowest BCUT2D eigenvalue weighted by Crippen LogP contribution is -2.42. The number of aliphatic carboxylic acids is 2. The molecule has 2 aromatic heterocycles. The van der Waals surface area contributed by atoms with Crippen LogP contribution in [0.2, 0.25) is 0 Å². The predicted molar refractivity (Wildman–Crippen MR) is 124 cm³/mol. The van der Waals surface area contributed by atoms with Crippen molar-refractivity contribution in [3.05, 3.63) is 42.2 Å². The Bertz CT molecular complexity index is 1090. The van der Waals surface area contributed by atoms with Crippen LogP contribution in [0.1, 0.15) is 50.2 Å². The molecule has 1 unspecified atom stereocenters. The molecular formula is C23H27F6N5O5. The van der Waals surface area contributed by atoms with Gasteiger partial charge < -0.3 is 20.1 Å². The van der Waals surface area contributed by atoms with E-state index in [1.54, 1.807) is 12.4 Å². The van der Waals surface area contributed by atoms with E-state index in [-0.39, 0.29) is 5.91 Å². The molecule has 216 valence electrons. The molecule has 1 amide bonds. The normalized spacial score (nSPS) is 17.7. The van der Waals surface area contributed by atoms with Crippen molar-refractivity contribution in [3.8, 4) is 0 Å². The highest BCUT2D eigenvalue weighted by Crippen LogP contribution is 2.33. The van der Waals surface area contributed by atoms with Gasteiger partial charge in [0.05, 0.1) is 30.0 Å². The first kappa shape index (κ1) is 31.5. The van der Waals surface area contributed by atoms with Crippen molar-refractivity contribution in [2.24, 2.45) is 0 Å². The van der Waals surface area contributed by atoms with Gasteiger partial charge in [-0.3, -0.25) is 14.7 Å². The molecule has 3 N–H and O–H groups in total. The van der Waals surface area contributed by atoms with Crippen LogP contribution in [0.15, 0.2) is 30.7 Å². The molecule has 0 spiro atoms. The number of imidazole rings is 1. The lowest BCUT2D eigenvalue weighted by molar-refractivity contribution is -0.193. The highest BCUT2D eigenvalue weighted by Gasteiger charge is 2.39. The van der Waals surface area contributed by atoms with Crippen molar-refractivity contribution in [1.82, 2.24) is 19.4 Å². The number of hydrogen-bond donors (Lipinski definition) is 3. The number of hydrogen-bond acceptors (Lipinski definition) is 6. The third-order valence-electron chi connectivity index (χ3n) is 5.89. The van der Waals surface area contributed by atoms with Crippen LogP contribution in [0.25, 0.3) is 0 Å². The van der Waals surface area contributed by atoms with Gasteiger partial charge in [0.25, 0.3) is 0 Å². The highest BCUT2D eigenvalue weighted by molar-refractivity contribution is 5.91. The Hall–Kier alpha value is -3.69. The second kappa shape index (κ2) is 13.4. The lowest BCUT2D eigenvalue weighted by atomic mass is 10.1. The fourth-order valence-electron chi connectivity index (χ4n) is 4.19. The number of aromatic nitrogens is 3. The van der Waals surface area contributed by atoms with Crippen LogP contribution in [-0.4, -0.2) is 72.4 Å². The van der Waals surface area contributed by atoms with Gasteiger partial charge in [-0.25, -0.2) is 14.6 Å². The zero-order valence-electron chi connectivity index (χ0n) is 20.7. The molecule has 1 saturated carbocycles. The molecule has 4 rings (SSSR count). The summed E-state index contributed by atoms with van der Waals surface area (Å²) in [6.07, 6.45) is 0.834. The van der Waals surface area contributed by atoms with Crippen LogP contribution in [0.4, 0.5) is 32.0 Å². The van der Waals surface area contributed by atoms with Crippen LogP contribution in [0.5, 0.6) is 0 Å². The Kier molecular flexibility index (Phi) is 10.8. The van der Waals surface area contributed by atoms with E-state index in [0.29, 0.717) is 18.5 Å². The maximum Gasteiger partial charge on any atom is 0.490 e. The van der Waals surface area contributed by atoms with Gasteiger partial charge in [-0.05, 0) is 31.9 Å². The zero-order chi connectivity index (χ0) is 29.4. The van der Waals surface area contributed by atoms with Crippen molar-refractivity contribution >= 4 is 23.5 Å². The summed E-state index contributed by atoms with van der Waals surface area (Å²) >= 11 is 0. The third-order valence-corrected chi connectivity index (χ3v) is 5.89. The molecule has 1 aliphatic heterocycles. The van der Waals surface area contributed by atoms with E-state index in [1.807, 2.05) is 18.3 Å². The SMILES string of the molecule is CC1c2nc(CC(=O)Nc3cccnc3)cn2CCN1C1CCCC1.O=C(O)C(F)(F)F.O=C(O)C(F)(F)F. The average Bonchev–Trinajstić information content (AvgIpc) is 3.50. The second-order valence-electron chi connectivity index (χ2n) is 8.71. The number of pyridine rings is 1. The summed E-state index contributed by atoms with van der Waals surface area (Å²) in [6.45, 7) is 4.29. The molecular weight excluding hydrogens is 540 g/mol. The van der Waals surface area contributed by atoms with Gasteiger partial charge in [0, 0.05) is 31.5 Å². The minimum absolute atomic E-state index is 0.0521. The van der Waals surface area contributed by atoms with E-state index >= 15 is 0 Å². The number of fused-ring (bicyclic) bond motifs is 1. The topological polar surface area (TPSA) is 138 Å². The Labute approximate surface area is 218 Å². The molecule has 2 aliphatic rings. The van der Waals surface area contributed by atoms with Gasteiger partial charge in [0.15, 0.2) is 0 Å². The summed E-state index contributed by atoms with van der Waals surface area (Å²) in [7, 11) is 0. The van der Waals surface area contributed by atoms with Gasteiger partial charge in [0.2, 0.25) is 5.91 Å². The van der Waals surface area contributed by atoms with Crippen molar-refractivity contribution in [1.29, 1.82) is 0 Å². The van der Waals surface area contributed by atoms with Crippen LogP contribution in [0.3, 0.4) is 0 Å². The van der Waals surface area contributed by atoms with E-state index in [0.717, 1.165) is 30.3 Å². The number of amides is 1. The number of carboxylic acids is 2. The first-order chi connectivity index (χ1) is 18.1. The standard InChI is InChI=1S/C19H25N5O.2C2HF3O2/c1-14-19-22-16(11-18(25)21-15-5-4-8-20-12-15)13-23(19)9-10-24(14)17-6-2-3-7-17;2*3-2(4,5)1(6)7/h4-5,8,12-14,17H,2-3,6-7,9-11H2,1H3,(H,21,25);2*(H,6,7). The van der Waals surface area contributed by atoms with Crippen LogP contribution in [-0.2, 0) is 27.3 Å². The predicted octanol–water partition coefficient (Wildman–Crippen LogP) is 4.05. The molecule has 1 fully saturated rings. The van der Waals surface area contributed by atoms with E-state index < -0.39 is 24.3 Å². The molecule has 39 heavy (non-hydrogen) atoms. The van der Waals surface area contributed by atoms with Gasteiger partial charge in [-0.15, -0.1) is 0 Å². The zero-order valence-corrected chi connectivity index (χ0v) is 20.7. The van der Waals surface area contributed by atoms with Gasteiger partial charge in [-0.2, -0.15) is 26.3 Å². The summed E-state index contributed by atoms with van der Waals surface area (Å²) in [5.74, 6) is -4.47. The van der Waals surface area contributed by atoms with E-state index in [2.05, 4.69) is 26.7 Å². The fourth-order valence-corrected chi connectivity index (χ4v) is 4.19. The number of nitrogens with zero attached hydrogens (tertiary/aromatic N) is 4. The average molecular weight is 567 g/mol. The molecule has 10 nitrogen and oxygen atoms in total. The Balaban J connectivity index is 0.000000317. The molecule has 0 saturated heterocycles. The molecule has 0 radical (unpaired) electrons. The number of carboxylic acid groups (broad SMARTS) is 2. The molecule has 0 bridgehead atoms. The molecule has 1 atom stereocenters. The Morgan fingerprint density at radius 3 is 2.08 bits per heavy atom. The summed E-state index contributed by atoms with van der Waals surface area (Å²) in [5, 5.41) is 17.1. The number of anilines is 1. The van der Waals surface area contributed by atoms with Crippen LogP contribution >= 0.6 is 0 Å². The van der Waals surface area contributed by atoms with Crippen molar-refractivity contribution < 1.29 is 50.9 Å².